The standard InChI is InChI=1S/C12H20O4.C2H6/c1-9-5-4-6-10(15-9)12(13)16-11-7-2-3-8-14-11;1-2/h9-11H,2-8H2,1H3;1-2H3. The van der Waals surface area contributed by atoms with E-state index >= 15 is 0 Å². The molecule has 2 aliphatic heterocycles. The van der Waals surface area contributed by atoms with Crippen molar-refractivity contribution in [1.82, 2.24) is 0 Å². The molecule has 2 heterocycles. The van der Waals surface area contributed by atoms with Crippen LogP contribution in [0.15, 0.2) is 0 Å². The van der Waals surface area contributed by atoms with Crippen LogP contribution in [0.5, 0.6) is 0 Å². The molecule has 2 rings (SSSR count). The maximum Gasteiger partial charge on any atom is 0.337 e. The summed E-state index contributed by atoms with van der Waals surface area (Å²) >= 11 is 0. The Bertz CT molecular complexity index is 236. The molecule has 0 aliphatic carbocycles. The summed E-state index contributed by atoms with van der Waals surface area (Å²) in [5.74, 6) is -0.251. The Morgan fingerprint density at radius 3 is 2.50 bits per heavy atom. The van der Waals surface area contributed by atoms with E-state index < -0.39 is 0 Å². The number of hydrogen-bond donors (Lipinski definition) is 0. The molecule has 4 heteroatoms. The van der Waals surface area contributed by atoms with Gasteiger partial charge in [0.25, 0.3) is 0 Å². The van der Waals surface area contributed by atoms with Crippen molar-refractivity contribution in [3.8, 4) is 0 Å². The van der Waals surface area contributed by atoms with Gasteiger partial charge in [0.15, 0.2) is 6.10 Å². The van der Waals surface area contributed by atoms with Gasteiger partial charge in [-0.3, -0.25) is 0 Å². The van der Waals surface area contributed by atoms with Crippen molar-refractivity contribution in [2.24, 2.45) is 0 Å². The van der Waals surface area contributed by atoms with E-state index in [1.165, 1.54) is 0 Å². The molecule has 0 amide bonds. The van der Waals surface area contributed by atoms with Crippen LogP contribution in [-0.2, 0) is 19.0 Å². The van der Waals surface area contributed by atoms with Crippen LogP contribution in [0.4, 0.5) is 0 Å². The third kappa shape index (κ3) is 4.94. The molecule has 0 aromatic heterocycles. The van der Waals surface area contributed by atoms with E-state index in [9.17, 15) is 4.79 Å². The maximum absolute atomic E-state index is 11.8. The second-order valence-corrected chi connectivity index (χ2v) is 4.60. The average molecular weight is 258 g/mol. The molecule has 2 fully saturated rings. The van der Waals surface area contributed by atoms with Gasteiger partial charge >= 0.3 is 5.97 Å². The van der Waals surface area contributed by atoms with E-state index in [4.69, 9.17) is 14.2 Å². The zero-order valence-corrected chi connectivity index (χ0v) is 11.8. The highest BCUT2D eigenvalue weighted by molar-refractivity contribution is 5.74. The molecule has 3 atom stereocenters. The fraction of sp³-hybridized carbons (Fsp3) is 0.929. The predicted octanol–water partition coefficient (Wildman–Crippen LogP) is 3.04. The minimum atomic E-state index is -0.380. The largest absolute Gasteiger partial charge is 0.434 e. The molecule has 0 spiro atoms. The highest BCUT2D eigenvalue weighted by atomic mass is 16.7. The van der Waals surface area contributed by atoms with Crippen LogP contribution in [0, 0.1) is 0 Å². The Morgan fingerprint density at radius 1 is 1.11 bits per heavy atom. The summed E-state index contributed by atoms with van der Waals surface area (Å²) in [5, 5.41) is 0. The Balaban J connectivity index is 0.000000771. The monoisotopic (exact) mass is 258 g/mol. The molecule has 4 nitrogen and oxygen atoms in total. The lowest BCUT2D eigenvalue weighted by Crippen LogP contribution is -2.37. The number of carbonyl (C=O) groups excluding carboxylic acids is 1. The summed E-state index contributed by atoms with van der Waals surface area (Å²) in [6.07, 6.45) is 5.22. The fourth-order valence-corrected chi connectivity index (χ4v) is 2.19. The number of hydrogen-bond acceptors (Lipinski definition) is 4. The third-order valence-electron chi connectivity index (χ3n) is 3.12. The van der Waals surface area contributed by atoms with Crippen LogP contribution in [0.3, 0.4) is 0 Å². The van der Waals surface area contributed by atoms with Crippen LogP contribution >= 0.6 is 0 Å². The molecule has 0 radical (unpaired) electrons. The summed E-state index contributed by atoms with van der Waals surface area (Å²) in [6, 6.07) is 0. The molecule has 0 aromatic rings. The predicted molar refractivity (Wildman–Crippen MR) is 69.2 cm³/mol. The molecule has 3 unspecified atom stereocenters. The summed E-state index contributed by atoms with van der Waals surface area (Å²) in [4.78, 5) is 11.8. The van der Waals surface area contributed by atoms with Gasteiger partial charge in [-0.1, -0.05) is 13.8 Å². The Kier molecular flexibility index (Phi) is 7.28. The van der Waals surface area contributed by atoms with Crippen LogP contribution in [0.25, 0.3) is 0 Å². The zero-order valence-electron chi connectivity index (χ0n) is 11.8. The SMILES string of the molecule is CC.CC1CCCC(C(=O)OC2CCCCO2)O1. The first-order valence-electron chi connectivity index (χ1n) is 7.23. The summed E-state index contributed by atoms with van der Waals surface area (Å²) in [5.41, 5.74) is 0. The molecule has 0 N–H and O–H groups in total. The number of rotatable bonds is 2. The molecule has 0 saturated carbocycles. The van der Waals surface area contributed by atoms with E-state index in [2.05, 4.69) is 0 Å². The van der Waals surface area contributed by atoms with Gasteiger partial charge in [0.05, 0.1) is 12.7 Å². The van der Waals surface area contributed by atoms with Gasteiger partial charge in [-0.25, -0.2) is 4.79 Å². The second-order valence-electron chi connectivity index (χ2n) is 4.60. The fourth-order valence-electron chi connectivity index (χ4n) is 2.19. The van der Waals surface area contributed by atoms with E-state index in [-0.39, 0.29) is 24.5 Å². The van der Waals surface area contributed by atoms with Crippen molar-refractivity contribution in [3.05, 3.63) is 0 Å². The number of esters is 1. The zero-order chi connectivity index (χ0) is 13.4. The van der Waals surface area contributed by atoms with Crippen molar-refractivity contribution in [3.63, 3.8) is 0 Å². The van der Waals surface area contributed by atoms with Gasteiger partial charge in [-0.15, -0.1) is 0 Å². The minimum Gasteiger partial charge on any atom is -0.434 e. The van der Waals surface area contributed by atoms with Crippen LogP contribution in [-0.4, -0.2) is 31.1 Å². The Morgan fingerprint density at radius 2 is 1.89 bits per heavy atom. The molecule has 2 aliphatic rings. The van der Waals surface area contributed by atoms with Crippen molar-refractivity contribution < 1.29 is 19.0 Å². The van der Waals surface area contributed by atoms with Crippen molar-refractivity contribution in [2.45, 2.75) is 77.8 Å². The Hall–Kier alpha value is -0.610. The van der Waals surface area contributed by atoms with Crippen LogP contribution < -0.4 is 0 Å². The van der Waals surface area contributed by atoms with Crippen molar-refractivity contribution in [1.29, 1.82) is 0 Å². The number of ether oxygens (including phenoxy) is 3. The summed E-state index contributed by atoms with van der Waals surface area (Å²) in [6.45, 7) is 6.69. The topological polar surface area (TPSA) is 44.8 Å². The van der Waals surface area contributed by atoms with Gasteiger partial charge in [0.1, 0.15) is 0 Å². The molecule has 2 saturated heterocycles. The molecule has 0 aromatic carbocycles. The minimum absolute atomic E-state index is 0.165. The van der Waals surface area contributed by atoms with E-state index in [0.717, 1.165) is 38.5 Å². The van der Waals surface area contributed by atoms with Crippen LogP contribution in [0.2, 0.25) is 0 Å². The van der Waals surface area contributed by atoms with Crippen molar-refractivity contribution in [2.75, 3.05) is 6.61 Å². The molecule has 106 valence electrons. The van der Waals surface area contributed by atoms with E-state index in [1.807, 2.05) is 20.8 Å². The lowest BCUT2D eigenvalue weighted by atomic mass is 10.1. The first-order chi connectivity index (χ1) is 8.75. The molecule has 0 bridgehead atoms. The maximum atomic E-state index is 11.8. The quantitative estimate of drug-likeness (QED) is 0.714. The normalized spacial score (nSPS) is 32.1. The molecular formula is C14H26O4. The molecular weight excluding hydrogens is 232 g/mol. The van der Waals surface area contributed by atoms with E-state index in [1.54, 1.807) is 0 Å². The third-order valence-corrected chi connectivity index (χ3v) is 3.12. The van der Waals surface area contributed by atoms with Crippen molar-refractivity contribution >= 4 is 5.97 Å². The lowest BCUT2D eigenvalue weighted by molar-refractivity contribution is -0.202. The smallest absolute Gasteiger partial charge is 0.337 e. The lowest BCUT2D eigenvalue weighted by Gasteiger charge is -2.29. The summed E-state index contributed by atoms with van der Waals surface area (Å²) < 4.78 is 16.2. The summed E-state index contributed by atoms with van der Waals surface area (Å²) in [7, 11) is 0. The van der Waals surface area contributed by atoms with Gasteiger partial charge < -0.3 is 14.2 Å². The highest BCUT2D eigenvalue weighted by Gasteiger charge is 2.29. The highest BCUT2D eigenvalue weighted by Crippen LogP contribution is 2.21. The van der Waals surface area contributed by atoms with Crippen LogP contribution in [0.1, 0.15) is 59.3 Å². The van der Waals surface area contributed by atoms with Gasteiger partial charge in [0, 0.05) is 6.42 Å². The van der Waals surface area contributed by atoms with E-state index in [0.29, 0.717) is 6.61 Å². The first-order valence-corrected chi connectivity index (χ1v) is 7.23. The van der Waals surface area contributed by atoms with Gasteiger partial charge in [-0.2, -0.15) is 0 Å². The average Bonchev–Trinajstić information content (AvgIpc) is 2.42. The van der Waals surface area contributed by atoms with Gasteiger partial charge in [0.2, 0.25) is 6.29 Å². The molecule has 18 heavy (non-hydrogen) atoms. The first kappa shape index (κ1) is 15.4. The van der Waals surface area contributed by atoms with Gasteiger partial charge in [-0.05, 0) is 39.0 Å². The Labute approximate surface area is 110 Å². The second kappa shape index (κ2) is 8.48. The number of carbonyl (C=O) groups is 1.